The van der Waals surface area contributed by atoms with E-state index in [-0.39, 0.29) is 32.9 Å². The van der Waals surface area contributed by atoms with Gasteiger partial charge in [-0.1, -0.05) is 17.7 Å². The van der Waals surface area contributed by atoms with E-state index >= 15 is 0 Å². The molecule has 0 unspecified atom stereocenters. The second-order valence-corrected chi connectivity index (χ2v) is 8.87. The van der Waals surface area contributed by atoms with Gasteiger partial charge in [0.05, 0.1) is 20.4 Å². The molecule has 2 aromatic rings. The van der Waals surface area contributed by atoms with Crippen LogP contribution < -0.4 is 5.32 Å². The quantitative estimate of drug-likeness (QED) is 0.558. The highest BCUT2D eigenvalue weighted by Gasteiger charge is 2.25. The molecule has 0 aromatic heterocycles. The maximum atomic E-state index is 12.7. The topological polar surface area (TPSA) is 110 Å². The van der Waals surface area contributed by atoms with Gasteiger partial charge in [-0.05, 0) is 45.0 Å². The number of anilines is 1. The third kappa shape index (κ3) is 4.49. The molecule has 0 aliphatic carbocycles. The second kappa shape index (κ2) is 8.26. The van der Waals surface area contributed by atoms with E-state index in [1.807, 2.05) is 0 Å². The largest absolute Gasteiger partial charge is 0.322 e. The predicted octanol–water partition coefficient (Wildman–Crippen LogP) is 3.84. The number of benzene rings is 2. The lowest BCUT2D eigenvalue weighted by molar-refractivity contribution is -0.385. The standard InChI is InChI=1S/C18H20ClN3O5S/c1-11(2)21(4)28(26,27)14-7-8-16(19)15(10-14)18(23)20-13-6-5-12(3)17(9-13)22(24)25/h5-11H,1-4H3,(H,20,23). The fraction of sp³-hybridized carbons (Fsp3) is 0.278. The third-order valence-corrected chi connectivity index (χ3v) is 6.61. The van der Waals surface area contributed by atoms with Crippen molar-refractivity contribution in [3.8, 4) is 0 Å². The summed E-state index contributed by atoms with van der Waals surface area (Å²) in [4.78, 5) is 23.0. The lowest BCUT2D eigenvalue weighted by Gasteiger charge is -2.21. The van der Waals surface area contributed by atoms with Crippen LogP contribution in [-0.4, -0.2) is 36.6 Å². The van der Waals surface area contributed by atoms with Crippen molar-refractivity contribution >= 4 is 38.9 Å². The Balaban J connectivity index is 2.39. The van der Waals surface area contributed by atoms with Crippen LogP contribution in [0, 0.1) is 17.0 Å². The molecule has 2 rings (SSSR count). The van der Waals surface area contributed by atoms with Crippen molar-refractivity contribution in [2.24, 2.45) is 0 Å². The zero-order valence-electron chi connectivity index (χ0n) is 15.8. The van der Waals surface area contributed by atoms with Crippen LogP contribution >= 0.6 is 11.6 Å². The van der Waals surface area contributed by atoms with Crippen LogP contribution in [0.15, 0.2) is 41.3 Å². The Morgan fingerprint density at radius 3 is 2.43 bits per heavy atom. The smallest absolute Gasteiger partial charge is 0.274 e. The fourth-order valence-electron chi connectivity index (χ4n) is 2.36. The molecule has 0 fully saturated rings. The van der Waals surface area contributed by atoms with E-state index in [4.69, 9.17) is 11.6 Å². The second-order valence-electron chi connectivity index (χ2n) is 6.47. The van der Waals surface area contributed by atoms with Crippen molar-refractivity contribution in [3.05, 3.63) is 62.7 Å². The van der Waals surface area contributed by atoms with E-state index in [1.165, 1.54) is 47.8 Å². The SMILES string of the molecule is Cc1ccc(NC(=O)c2cc(S(=O)(=O)N(C)C(C)C)ccc2Cl)cc1[N+](=O)[O-]. The number of hydrogen-bond donors (Lipinski definition) is 1. The summed E-state index contributed by atoms with van der Waals surface area (Å²) in [7, 11) is -2.36. The number of nitrogens with zero attached hydrogens (tertiary/aromatic N) is 2. The molecule has 0 saturated heterocycles. The van der Waals surface area contributed by atoms with Crippen molar-refractivity contribution in [2.45, 2.75) is 31.7 Å². The molecular weight excluding hydrogens is 406 g/mol. The molecule has 2 aromatic carbocycles. The molecule has 0 heterocycles. The lowest BCUT2D eigenvalue weighted by Crippen LogP contribution is -2.33. The molecule has 0 aliphatic heterocycles. The Morgan fingerprint density at radius 2 is 1.86 bits per heavy atom. The Kier molecular flexibility index (Phi) is 6.43. The Labute approximate surface area is 168 Å². The molecule has 0 saturated carbocycles. The van der Waals surface area contributed by atoms with Crippen molar-refractivity contribution in [1.82, 2.24) is 4.31 Å². The molecule has 0 radical (unpaired) electrons. The molecule has 0 spiro atoms. The summed E-state index contributed by atoms with van der Waals surface area (Å²) in [5.74, 6) is -0.674. The van der Waals surface area contributed by atoms with Crippen molar-refractivity contribution in [3.63, 3.8) is 0 Å². The summed E-state index contributed by atoms with van der Waals surface area (Å²) in [5.41, 5.74) is 0.457. The highest BCUT2D eigenvalue weighted by atomic mass is 35.5. The Morgan fingerprint density at radius 1 is 1.21 bits per heavy atom. The molecule has 150 valence electrons. The maximum Gasteiger partial charge on any atom is 0.274 e. The number of hydrogen-bond acceptors (Lipinski definition) is 5. The molecule has 0 bridgehead atoms. The minimum atomic E-state index is -3.80. The van der Waals surface area contributed by atoms with Crippen molar-refractivity contribution in [1.29, 1.82) is 0 Å². The summed E-state index contributed by atoms with van der Waals surface area (Å²) in [6.07, 6.45) is 0. The van der Waals surface area contributed by atoms with Gasteiger partial charge in [0.2, 0.25) is 10.0 Å². The molecule has 10 heteroatoms. The van der Waals surface area contributed by atoms with Crippen LogP contribution in [0.25, 0.3) is 0 Å². The average Bonchev–Trinajstić information content (AvgIpc) is 2.62. The Bertz CT molecular complexity index is 1040. The third-order valence-electron chi connectivity index (χ3n) is 4.25. The number of aryl methyl sites for hydroxylation is 1. The highest BCUT2D eigenvalue weighted by molar-refractivity contribution is 7.89. The molecular formula is C18H20ClN3O5S. The minimum Gasteiger partial charge on any atom is -0.322 e. The van der Waals surface area contributed by atoms with Gasteiger partial charge in [0.25, 0.3) is 11.6 Å². The number of carbonyl (C=O) groups is 1. The molecule has 28 heavy (non-hydrogen) atoms. The van der Waals surface area contributed by atoms with E-state index < -0.39 is 20.9 Å². The number of nitro groups is 1. The first kappa shape index (κ1) is 21.8. The maximum absolute atomic E-state index is 12.7. The van der Waals surface area contributed by atoms with E-state index in [0.717, 1.165) is 0 Å². The Hall–Kier alpha value is -2.49. The van der Waals surface area contributed by atoms with Gasteiger partial charge in [-0.15, -0.1) is 0 Å². The monoisotopic (exact) mass is 425 g/mol. The van der Waals surface area contributed by atoms with Crippen molar-refractivity contribution < 1.29 is 18.1 Å². The number of amides is 1. The van der Waals surface area contributed by atoms with Crippen LogP contribution in [0.5, 0.6) is 0 Å². The predicted molar refractivity (Wildman–Crippen MR) is 107 cm³/mol. The van der Waals surface area contributed by atoms with E-state index in [1.54, 1.807) is 20.8 Å². The fourth-order valence-corrected chi connectivity index (χ4v) is 3.96. The first-order valence-electron chi connectivity index (χ1n) is 8.29. The van der Waals surface area contributed by atoms with Gasteiger partial charge in [-0.2, -0.15) is 4.31 Å². The van der Waals surface area contributed by atoms with E-state index in [0.29, 0.717) is 5.56 Å². The minimum absolute atomic E-state index is 0.0527. The first-order valence-corrected chi connectivity index (χ1v) is 10.1. The van der Waals surface area contributed by atoms with Gasteiger partial charge < -0.3 is 5.32 Å². The molecule has 1 amide bonds. The number of sulfonamides is 1. The lowest BCUT2D eigenvalue weighted by atomic mass is 10.1. The van der Waals surface area contributed by atoms with Gasteiger partial charge in [-0.3, -0.25) is 14.9 Å². The zero-order chi connectivity index (χ0) is 21.2. The summed E-state index contributed by atoms with van der Waals surface area (Å²) in [5, 5.41) is 13.6. The number of nitro benzene ring substituents is 1. The average molecular weight is 426 g/mol. The van der Waals surface area contributed by atoms with Crippen LogP contribution in [0.3, 0.4) is 0 Å². The summed E-state index contributed by atoms with van der Waals surface area (Å²) >= 11 is 6.08. The molecule has 1 N–H and O–H groups in total. The molecule has 0 aliphatic rings. The van der Waals surface area contributed by atoms with Crippen LogP contribution in [0.1, 0.15) is 29.8 Å². The van der Waals surface area contributed by atoms with Crippen LogP contribution in [-0.2, 0) is 10.0 Å². The number of halogens is 1. The van der Waals surface area contributed by atoms with Gasteiger partial charge in [0.1, 0.15) is 0 Å². The van der Waals surface area contributed by atoms with E-state index in [9.17, 15) is 23.3 Å². The summed E-state index contributed by atoms with van der Waals surface area (Å²) < 4.78 is 26.5. The van der Waals surface area contributed by atoms with Gasteiger partial charge in [-0.25, -0.2) is 8.42 Å². The first-order chi connectivity index (χ1) is 12.9. The molecule has 0 atom stereocenters. The number of nitrogens with one attached hydrogen (secondary N) is 1. The number of rotatable bonds is 6. The molecule has 8 nitrogen and oxygen atoms in total. The van der Waals surface area contributed by atoms with Crippen LogP contribution in [0.4, 0.5) is 11.4 Å². The highest BCUT2D eigenvalue weighted by Crippen LogP contribution is 2.26. The van der Waals surface area contributed by atoms with Gasteiger partial charge in [0.15, 0.2) is 0 Å². The number of carbonyl (C=O) groups excluding carboxylic acids is 1. The van der Waals surface area contributed by atoms with Crippen LogP contribution in [0.2, 0.25) is 5.02 Å². The normalized spacial score (nSPS) is 11.7. The van der Waals surface area contributed by atoms with Crippen molar-refractivity contribution in [2.75, 3.05) is 12.4 Å². The summed E-state index contributed by atoms with van der Waals surface area (Å²) in [6, 6.07) is 7.82. The van der Waals surface area contributed by atoms with Gasteiger partial charge in [0, 0.05) is 30.4 Å². The van der Waals surface area contributed by atoms with Gasteiger partial charge >= 0.3 is 0 Å². The van der Waals surface area contributed by atoms with E-state index in [2.05, 4.69) is 5.32 Å². The zero-order valence-corrected chi connectivity index (χ0v) is 17.3. The summed E-state index contributed by atoms with van der Waals surface area (Å²) in [6.45, 7) is 5.04.